The summed E-state index contributed by atoms with van der Waals surface area (Å²) in [5, 5.41) is 12.5. The summed E-state index contributed by atoms with van der Waals surface area (Å²) in [5.41, 5.74) is 11.4. The van der Waals surface area contributed by atoms with Gasteiger partial charge in [-0.3, -0.25) is 0 Å². The van der Waals surface area contributed by atoms with Gasteiger partial charge >= 0.3 is 5.97 Å². The fourth-order valence-corrected chi connectivity index (χ4v) is 4.50. The minimum absolute atomic E-state index is 0.0624. The summed E-state index contributed by atoms with van der Waals surface area (Å²) in [7, 11) is 0. The van der Waals surface area contributed by atoms with E-state index in [1.165, 1.54) is 40.0 Å². The van der Waals surface area contributed by atoms with Crippen LogP contribution in [0.4, 0.5) is 4.39 Å². The highest BCUT2D eigenvalue weighted by Crippen LogP contribution is 2.27. The van der Waals surface area contributed by atoms with Gasteiger partial charge in [0.2, 0.25) is 0 Å². The molecule has 0 saturated carbocycles. The number of nitrogens with one attached hydrogen (secondary N) is 1. The summed E-state index contributed by atoms with van der Waals surface area (Å²) in [6.45, 7) is 16.9. The molecule has 212 valence electrons. The lowest BCUT2D eigenvalue weighted by atomic mass is 9.95. The predicted octanol–water partition coefficient (Wildman–Crippen LogP) is 9.88. The van der Waals surface area contributed by atoms with Crippen LogP contribution in [0.1, 0.15) is 78.8 Å². The molecule has 4 rings (SSSR count). The van der Waals surface area contributed by atoms with Gasteiger partial charge in [0.25, 0.3) is 0 Å². The summed E-state index contributed by atoms with van der Waals surface area (Å²) >= 11 is 0. The standard InChI is InChI=1S/C22H26FN.C15H14O2/c1-14(2)16(4)22-13-20(8-7-15(22)3)18(6)24-17(5)19-9-11-21(23)12-10-19;1-2-11-7-9-12(10-8-11)13-5-3-4-6-14(13)15(16)17/h7-13,17,24H,6H2,1-5H3;3-10H,2H2,1H3,(H,16,17). The first-order chi connectivity index (χ1) is 19.5. The third kappa shape index (κ3) is 8.28. The predicted molar refractivity (Wildman–Crippen MR) is 170 cm³/mol. The highest BCUT2D eigenvalue weighted by molar-refractivity contribution is 5.96. The Balaban J connectivity index is 0.000000239. The number of hydrogen-bond donors (Lipinski definition) is 2. The molecule has 4 aromatic rings. The molecule has 1 unspecified atom stereocenters. The van der Waals surface area contributed by atoms with E-state index in [4.69, 9.17) is 5.11 Å². The van der Waals surface area contributed by atoms with Crippen molar-refractivity contribution < 1.29 is 14.3 Å². The molecule has 2 N–H and O–H groups in total. The first kappa shape index (κ1) is 31.1. The van der Waals surface area contributed by atoms with Crippen molar-refractivity contribution in [1.29, 1.82) is 0 Å². The van der Waals surface area contributed by atoms with Crippen LogP contribution in [0.5, 0.6) is 0 Å². The fourth-order valence-electron chi connectivity index (χ4n) is 4.50. The zero-order chi connectivity index (χ0) is 30.1. The number of rotatable bonds is 8. The molecule has 0 fully saturated rings. The number of carboxylic acids is 1. The Morgan fingerprint density at radius 3 is 2.12 bits per heavy atom. The number of carboxylic acid groups (broad SMARTS) is 1. The quantitative estimate of drug-likeness (QED) is 0.230. The highest BCUT2D eigenvalue weighted by atomic mass is 19.1. The second-order valence-corrected chi connectivity index (χ2v) is 10.5. The molecule has 0 aliphatic heterocycles. The second kappa shape index (κ2) is 14.3. The van der Waals surface area contributed by atoms with E-state index < -0.39 is 5.97 Å². The lowest BCUT2D eigenvalue weighted by Gasteiger charge is -2.19. The maximum absolute atomic E-state index is 13.1. The summed E-state index contributed by atoms with van der Waals surface area (Å²) in [4.78, 5) is 11.1. The lowest BCUT2D eigenvalue weighted by Crippen LogP contribution is -2.16. The van der Waals surface area contributed by atoms with Crippen molar-refractivity contribution in [3.05, 3.63) is 142 Å². The molecular formula is C37H40FNO2. The number of benzene rings is 4. The molecule has 0 aliphatic rings. The van der Waals surface area contributed by atoms with Crippen LogP contribution in [-0.2, 0) is 6.42 Å². The Morgan fingerprint density at radius 1 is 0.902 bits per heavy atom. The second-order valence-electron chi connectivity index (χ2n) is 10.5. The van der Waals surface area contributed by atoms with Crippen molar-refractivity contribution in [1.82, 2.24) is 5.32 Å². The van der Waals surface area contributed by atoms with E-state index in [1.54, 1.807) is 24.3 Å². The van der Waals surface area contributed by atoms with Gasteiger partial charge in [0.15, 0.2) is 0 Å². The van der Waals surface area contributed by atoms with Crippen molar-refractivity contribution in [2.75, 3.05) is 0 Å². The molecule has 0 radical (unpaired) electrons. The van der Waals surface area contributed by atoms with Gasteiger partial charge in [-0.25, -0.2) is 9.18 Å². The molecule has 4 heteroatoms. The average Bonchev–Trinajstić information content (AvgIpc) is 2.97. The van der Waals surface area contributed by atoms with Gasteiger partial charge in [0, 0.05) is 11.7 Å². The summed E-state index contributed by atoms with van der Waals surface area (Å²) in [5.74, 6) is -1.11. The summed E-state index contributed by atoms with van der Waals surface area (Å²) in [6.07, 6.45) is 0.987. The van der Waals surface area contributed by atoms with E-state index >= 15 is 0 Å². The molecular weight excluding hydrogens is 509 g/mol. The van der Waals surface area contributed by atoms with E-state index in [1.807, 2.05) is 36.4 Å². The van der Waals surface area contributed by atoms with Gasteiger partial charge in [-0.2, -0.15) is 0 Å². The van der Waals surface area contributed by atoms with Crippen LogP contribution >= 0.6 is 0 Å². The Morgan fingerprint density at radius 2 is 1.54 bits per heavy atom. The average molecular weight is 550 g/mol. The molecule has 1 atom stereocenters. The van der Waals surface area contributed by atoms with Crippen LogP contribution in [0.15, 0.2) is 103 Å². The summed E-state index contributed by atoms with van der Waals surface area (Å²) in [6, 6.07) is 28.1. The Labute approximate surface area is 244 Å². The van der Waals surface area contributed by atoms with Gasteiger partial charge in [0.05, 0.1) is 5.56 Å². The maximum atomic E-state index is 13.1. The van der Waals surface area contributed by atoms with E-state index in [2.05, 4.69) is 71.6 Å². The minimum atomic E-state index is -0.889. The van der Waals surface area contributed by atoms with Crippen molar-refractivity contribution in [3.8, 4) is 11.1 Å². The van der Waals surface area contributed by atoms with Gasteiger partial charge in [-0.15, -0.1) is 0 Å². The number of aryl methyl sites for hydroxylation is 2. The first-order valence-corrected chi connectivity index (χ1v) is 13.9. The van der Waals surface area contributed by atoms with Crippen molar-refractivity contribution in [3.63, 3.8) is 0 Å². The molecule has 4 aromatic carbocycles. The largest absolute Gasteiger partial charge is 0.478 e. The van der Waals surface area contributed by atoms with Gasteiger partial charge in [-0.1, -0.05) is 85.8 Å². The van der Waals surface area contributed by atoms with Crippen molar-refractivity contribution in [2.45, 2.75) is 54.0 Å². The van der Waals surface area contributed by atoms with Gasteiger partial charge in [-0.05, 0) is 110 Å². The lowest BCUT2D eigenvalue weighted by molar-refractivity contribution is 0.0697. The number of hydrogen-bond acceptors (Lipinski definition) is 2. The number of allylic oxidation sites excluding steroid dienone is 2. The molecule has 0 aliphatic carbocycles. The van der Waals surface area contributed by atoms with Crippen molar-refractivity contribution >= 4 is 17.2 Å². The van der Waals surface area contributed by atoms with E-state index in [0.29, 0.717) is 5.56 Å². The fraction of sp³-hybridized carbons (Fsp3) is 0.216. The highest BCUT2D eigenvalue weighted by Gasteiger charge is 2.11. The SMILES string of the molecule is C=C(NC(C)c1ccc(F)cc1)c1ccc(C)c(C(C)=C(C)C)c1.CCc1ccc(-c2ccccc2C(=O)O)cc1. The maximum Gasteiger partial charge on any atom is 0.336 e. The van der Waals surface area contributed by atoms with Crippen LogP contribution in [0.2, 0.25) is 0 Å². The number of halogens is 1. The smallest absolute Gasteiger partial charge is 0.336 e. The van der Waals surface area contributed by atoms with E-state index in [-0.39, 0.29) is 11.9 Å². The van der Waals surface area contributed by atoms with Crippen LogP contribution in [0.25, 0.3) is 22.4 Å². The topological polar surface area (TPSA) is 49.3 Å². The molecule has 0 aromatic heterocycles. The molecule has 0 saturated heterocycles. The normalized spacial score (nSPS) is 11.1. The van der Waals surface area contributed by atoms with Crippen LogP contribution in [0, 0.1) is 12.7 Å². The first-order valence-electron chi connectivity index (χ1n) is 13.9. The molecule has 0 amide bonds. The Hall–Kier alpha value is -4.44. The van der Waals surface area contributed by atoms with Crippen LogP contribution in [0.3, 0.4) is 0 Å². The number of carbonyl (C=O) groups is 1. The minimum Gasteiger partial charge on any atom is -0.478 e. The van der Waals surface area contributed by atoms with Crippen LogP contribution < -0.4 is 5.32 Å². The van der Waals surface area contributed by atoms with Gasteiger partial charge in [0.1, 0.15) is 5.82 Å². The molecule has 3 nitrogen and oxygen atoms in total. The van der Waals surface area contributed by atoms with Crippen molar-refractivity contribution in [2.24, 2.45) is 0 Å². The third-order valence-corrected chi connectivity index (χ3v) is 7.33. The zero-order valence-electron chi connectivity index (χ0n) is 24.9. The summed E-state index contributed by atoms with van der Waals surface area (Å²) < 4.78 is 13.1. The van der Waals surface area contributed by atoms with E-state index in [9.17, 15) is 9.18 Å². The Bertz CT molecular complexity index is 1530. The Kier molecular flexibility index (Phi) is 10.8. The number of aromatic carboxylic acids is 1. The van der Waals surface area contributed by atoms with Gasteiger partial charge < -0.3 is 10.4 Å². The monoisotopic (exact) mass is 549 g/mol. The van der Waals surface area contributed by atoms with Crippen LogP contribution in [-0.4, -0.2) is 11.1 Å². The third-order valence-electron chi connectivity index (χ3n) is 7.33. The molecule has 41 heavy (non-hydrogen) atoms. The zero-order valence-corrected chi connectivity index (χ0v) is 24.9. The molecule has 0 spiro atoms. The molecule has 0 bridgehead atoms. The van der Waals surface area contributed by atoms with E-state index in [0.717, 1.165) is 34.4 Å². The molecule has 0 heterocycles.